The molecular weight excluding hydrogens is 250 g/mol. The van der Waals surface area contributed by atoms with Crippen LogP contribution in [0.5, 0.6) is 5.75 Å². The molecule has 0 aliphatic carbocycles. The summed E-state index contributed by atoms with van der Waals surface area (Å²) in [7, 11) is 1.63. The van der Waals surface area contributed by atoms with E-state index < -0.39 is 0 Å². The van der Waals surface area contributed by atoms with E-state index in [1.54, 1.807) is 7.11 Å². The molecule has 0 aliphatic heterocycles. The number of rotatable bonds is 6. The zero-order valence-corrected chi connectivity index (χ0v) is 13.5. The maximum absolute atomic E-state index is 12.4. The molecule has 0 spiro atoms. The highest BCUT2D eigenvalue weighted by Crippen LogP contribution is 2.36. The topological polar surface area (TPSA) is 38.3 Å². The second-order valence-electron chi connectivity index (χ2n) is 6.76. The first-order valence-corrected chi connectivity index (χ1v) is 7.16. The lowest BCUT2D eigenvalue weighted by atomic mass is 9.73. The minimum Gasteiger partial charge on any atom is -0.497 e. The van der Waals surface area contributed by atoms with Gasteiger partial charge in [0.2, 0.25) is 5.91 Å². The van der Waals surface area contributed by atoms with Crippen molar-refractivity contribution in [3.63, 3.8) is 0 Å². The van der Waals surface area contributed by atoms with Crippen molar-refractivity contribution in [2.75, 3.05) is 12.4 Å². The Morgan fingerprint density at radius 2 is 1.70 bits per heavy atom. The molecular formula is C17H27NO2. The fourth-order valence-electron chi connectivity index (χ4n) is 2.38. The first kappa shape index (κ1) is 16.5. The van der Waals surface area contributed by atoms with Crippen LogP contribution in [0.4, 0.5) is 5.69 Å². The second kappa shape index (κ2) is 6.29. The minimum absolute atomic E-state index is 0.0594. The maximum atomic E-state index is 12.4. The molecule has 0 aliphatic rings. The van der Waals surface area contributed by atoms with Crippen molar-refractivity contribution >= 4 is 11.6 Å². The fraction of sp³-hybridized carbons (Fsp3) is 0.588. The lowest BCUT2D eigenvalue weighted by molar-refractivity contribution is -0.125. The summed E-state index contributed by atoms with van der Waals surface area (Å²) in [6.45, 7) is 10.6. The average molecular weight is 277 g/mol. The van der Waals surface area contributed by atoms with Crippen LogP contribution in [-0.2, 0) is 4.79 Å². The smallest absolute Gasteiger partial charge is 0.230 e. The number of methoxy groups -OCH3 is 1. The lowest BCUT2D eigenvalue weighted by Crippen LogP contribution is -2.35. The summed E-state index contributed by atoms with van der Waals surface area (Å²) < 4.78 is 5.11. The van der Waals surface area contributed by atoms with E-state index in [-0.39, 0.29) is 16.7 Å². The number of ether oxygens (including phenoxy) is 1. The Hall–Kier alpha value is -1.51. The third-order valence-electron chi connectivity index (χ3n) is 3.84. The monoisotopic (exact) mass is 277 g/mol. The van der Waals surface area contributed by atoms with Crippen LogP contribution >= 0.6 is 0 Å². The summed E-state index contributed by atoms with van der Waals surface area (Å²) in [6, 6.07) is 7.41. The molecule has 1 rings (SSSR count). The van der Waals surface area contributed by atoms with Gasteiger partial charge in [-0.15, -0.1) is 0 Å². The van der Waals surface area contributed by atoms with Crippen molar-refractivity contribution in [2.45, 2.75) is 47.5 Å². The predicted molar refractivity (Wildman–Crippen MR) is 84.1 cm³/mol. The van der Waals surface area contributed by atoms with Gasteiger partial charge in [-0.3, -0.25) is 4.79 Å². The standard InChI is InChI=1S/C17H27NO2/c1-7-16(2,3)12-17(4,5)15(19)18-13-8-10-14(20-6)11-9-13/h8-11H,7,12H2,1-6H3,(H,18,19). The second-order valence-corrected chi connectivity index (χ2v) is 6.76. The quantitative estimate of drug-likeness (QED) is 0.832. The molecule has 0 radical (unpaired) electrons. The molecule has 1 aromatic rings. The summed E-state index contributed by atoms with van der Waals surface area (Å²) in [5.74, 6) is 0.846. The summed E-state index contributed by atoms with van der Waals surface area (Å²) in [5, 5.41) is 2.99. The largest absolute Gasteiger partial charge is 0.497 e. The molecule has 3 nitrogen and oxygen atoms in total. The Balaban J connectivity index is 2.73. The number of anilines is 1. The number of hydrogen-bond donors (Lipinski definition) is 1. The third-order valence-corrected chi connectivity index (χ3v) is 3.84. The average Bonchev–Trinajstić information content (AvgIpc) is 2.38. The lowest BCUT2D eigenvalue weighted by Gasteiger charge is -2.33. The highest BCUT2D eigenvalue weighted by Gasteiger charge is 2.33. The van der Waals surface area contributed by atoms with E-state index in [1.807, 2.05) is 38.1 Å². The minimum atomic E-state index is -0.389. The van der Waals surface area contributed by atoms with Crippen molar-refractivity contribution < 1.29 is 9.53 Å². The molecule has 0 fully saturated rings. The van der Waals surface area contributed by atoms with E-state index in [1.165, 1.54) is 0 Å². The summed E-state index contributed by atoms with van der Waals surface area (Å²) in [5.41, 5.74) is 0.582. The van der Waals surface area contributed by atoms with Gasteiger partial charge in [-0.25, -0.2) is 0 Å². The van der Waals surface area contributed by atoms with E-state index >= 15 is 0 Å². The van der Waals surface area contributed by atoms with Crippen LogP contribution < -0.4 is 10.1 Å². The normalized spacial score (nSPS) is 12.1. The van der Waals surface area contributed by atoms with Gasteiger partial charge in [-0.05, 0) is 36.1 Å². The van der Waals surface area contributed by atoms with E-state index in [0.29, 0.717) is 0 Å². The van der Waals surface area contributed by atoms with Crippen molar-refractivity contribution in [3.05, 3.63) is 24.3 Å². The molecule has 0 aromatic heterocycles. The maximum Gasteiger partial charge on any atom is 0.230 e. The predicted octanol–water partition coefficient (Wildman–Crippen LogP) is 4.49. The van der Waals surface area contributed by atoms with Gasteiger partial charge in [-0.1, -0.05) is 41.0 Å². The Kier molecular flexibility index (Phi) is 5.21. The SMILES string of the molecule is CCC(C)(C)CC(C)(C)C(=O)Nc1ccc(OC)cc1. The number of hydrogen-bond acceptors (Lipinski definition) is 2. The molecule has 20 heavy (non-hydrogen) atoms. The zero-order valence-electron chi connectivity index (χ0n) is 13.5. The Morgan fingerprint density at radius 1 is 1.15 bits per heavy atom. The van der Waals surface area contributed by atoms with E-state index in [4.69, 9.17) is 4.74 Å². The molecule has 1 N–H and O–H groups in total. The number of carbonyl (C=O) groups excluding carboxylic acids is 1. The number of nitrogens with one attached hydrogen (secondary N) is 1. The molecule has 3 heteroatoms. The summed E-state index contributed by atoms with van der Waals surface area (Å²) in [6.07, 6.45) is 1.92. The van der Waals surface area contributed by atoms with E-state index in [9.17, 15) is 4.79 Å². The van der Waals surface area contributed by atoms with Gasteiger partial charge < -0.3 is 10.1 Å². The van der Waals surface area contributed by atoms with Gasteiger partial charge in [0.25, 0.3) is 0 Å². The molecule has 0 unspecified atom stereocenters. The van der Waals surface area contributed by atoms with E-state index in [2.05, 4.69) is 26.1 Å². The van der Waals surface area contributed by atoms with Crippen LogP contribution in [0.25, 0.3) is 0 Å². The van der Waals surface area contributed by atoms with E-state index in [0.717, 1.165) is 24.3 Å². The molecule has 1 amide bonds. The van der Waals surface area contributed by atoms with Crippen LogP contribution in [0, 0.1) is 10.8 Å². The van der Waals surface area contributed by atoms with Crippen molar-refractivity contribution in [1.82, 2.24) is 0 Å². The van der Waals surface area contributed by atoms with Crippen LogP contribution in [0.2, 0.25) is 0 Å². The number of amides is 1. The molecule has 112 valence electrons. The highest BCUT2D eigenvalue weighted by atomic mass is 16.5. The van der Waals surface area contributed by atoms with Crippen LogP contribution in [0.1, 0.15) is 47.5 Å². The molecule has 0 atom stereocenters. The molecule has 0 saturated carbocycles. The summed E-state index contributed by atoms with van der Waals surface area (Å²) in [4.78, 5) is 12.4. The molecule has 0 saturated heterocycles. The highest BCUT2D eigenvalue weighted by molar-refractivity contribution is 5.94. The zero-order chi connectivity index (χ0) is 15.4. The third kappa shape index (κ3) is 4.55. The number of benzene rings is 1. The van der Waals surface area contributed by atoms with Gasteiger partial charge in [0.15, 0.2) is 0 Å². The number of carbonyl (C=O) groups is 1. The Bertz CT molecular complexity index is 447. The van der Waals surface area contributed by atoms with Gasteiger partial charge >= 0.3 is 0 Å². The fourth-order valence-corrected chi connectivity index (χ4v) is 2.38. The Morgan fingerprint density at radius 3 is 2.15 bits per heavy atom. The van der Waals surface area contributed by atoms with Gasteiger partial charge in [-0.2, -0.15) is 0 Å². The first-order valence-electron chi connectivity index (χ1n) is 7.16. The van der Waals surface area contributed by atoms with Crippen molar-refractivity contribution in [2.24, 2.45) is 10.8 Å². The molecule has 0 heterocycles. The Labute approximate surface area is 122 Å². The molecule has 0 bridgehead atoms. The van der Waals surface area contributed by atoms with Crippen LogP contribution in [0.3, 0.4) is 0 Å². The summed E-state index contributed by atoms with van der Waals surface area (Å²) >= 11 is 0. The van der Waals surface area contributed by atoms with Crippen LogP contribution in [-0.4, -0.2) is 13.0 Å². The van der Waals surface area contributed by atoms with Crippen LogP contribution in [0.15, 0.2) is 24.3 Å². The molecule has 1 aromatic carbocycles. The van der Waals surface area contributed by atoms with Gasteiger partial charge in [0.1, 0.15) is 5.75 Å². The van der Waals surface area contributed by atoms with Gasteiger partial charge in [0.05, 0.1) is 7.11 Å². The first-order chi connectivity index (χ1) is 9.20. The van der Waals surface area contributed by atoms with Crippen molar-refractivity contribution in [1.29, 1.82) is 0 Å². The van der Waals surface area contributed by atoms with Crippen molar-refractivity contribution in [3.8, 4) is 5.75 Å². The van der Waals surface area contributed by atoms with Gasteiger partial charge in [0, 0.05) is 11.1 Å².